The molecule has 9 heteroatoms. The third-order valence-electron chi connectivity index (χ3n) is 3.22. The van der Waals surface area contributed by atoms with Crippen LogP contribution in [0.15, 0.2) is 34.2 Å². The summed E-state index contributed by atoms with van der Waals surface area (Å²) in [6, 6.07) is 3.74. The predicted molar refractivity (Wildman–Crippen MR) is 92.6 cm³/mol. The summed E-state index contributed by atoms with van der Waals surface area (Å²) in [7, 11) is 0. The number of carbonyl (C=O) groups excluding carboxylic acids is 2. The van der Waals surface area contributed by atoms with Crippen molar-refractivity contribution in [2.75, 3.05) is 11.7 Å². The maximum Gasteiger partial charge on any atom is 0.275 e. The zero-order chi connectivity index (χ0) is 17.3. The highest BCUT2D eigenvalue weighted by Crippen LogP contribution is 2.36. The summed E-state index contributed by atoms with van der Waals surface area (Å²) in [5.74, 6) is -0.376. The highest BCUT2D eigenvalue weighted by Gasteiger charge is 2.30. The summed E-state index contributed by atoms with van der Waals surface area (Å²) in [5, 5.41) is 3.23. The van der Waals surface area contributed by atoms with Gasteiger partial charge in [0.1, 0.15) is 5.03 Å². The van der Waals surface area contributed by atoms with E-state index in [4.69, 9.17) is 6.57 Å². The second-order valence-electron chi connectivity index (χ2n) is 4.76. The fourth-order valence-corrected chi connectivity index (χ4v) is 3.24. The molecule has 24 heavy (non-hydrogen) atoms. The number of nitrogens with one attached hydrogen (secondary N) is 1. The predicted octanol–water partition coefficient (Wildman–Crippen LogP) is 3.12. The SMILES string of the molecule is [C-]#[N+]c1c(NN2C(=O)C=C(C)C2=O)nc(-c2cccs2)nc1SC. The molecule has 0 bridgehead atoms. The van der Waals surface area contributed by atoms with Gasteiger partial charge in [0.15, 0.2) is 11.6 Å². The molecule has 1 aliphatic rings. The lowest BCUT2D eigenvalue weighted by Crippen LogP contribution is -2.36. The zero-order valence-electron chi connectivity index (χ0n) is 12.7. The first-order valence-electron chi connectivity index (χ1n) is 6.76. The maximum absolute atomic E-state index is 12.0. The van der Waals surface area contributed by atoms with Gasteiger partial charge in [0, 0.05) is 11.6 Å². The molecule has 120 valence electrons. The smallest absolute Gasteiger partial charge is 0.275 e. The minimum absolute atomic E-state index is 0.137. The molecular weight excluding hydrogens is 346 g/mol. The van der Waals surface area contributed by atoms with Crippen LogP contribution in [0, 0.1) is 6.57 Å². The van der Waals surface area contributed by atoms with E-state index in [2.05, 4.69) is 20.2 Å². The Balaban J connectivity index is 2.06. The zero-order valence-corrected chi connectivity index (χ0v) is 14.4. The second-order valence-corrected chi connectivity index (χ2v) is 6.50. The Bertz CT molecular complexity index is 899. The van der Waals surface area contributed by atoms with Crippen LogP contribution >= 0.6 is 23.1 Å². The standard InChI is InChI=1S/C15H11N5O2S2/c1-8-7-10(21)20(15(8)22)19-13-11(16-2)14(23-3)18-12(17-13)9-5-4-6-24-9/h4-7H,1,3H3,(H,17,18,19). The van der Waals surface area contributed by atoms with Crippen molar-refractivity contribution in [1.82, 2.24) is 15.0 Å². The Hall–Kier alpha value is -2.70. The Kier molecular flexibility index (Phi) is 4.33. The normalized spacial score (nSPS) is 13.9. The number of amides is 2. The maximum atomic E-state index is 12.0. The number of hydrazine groups is 1. The molecule has 1 aliphatic heterocycles. The van der Waals surface area contributed by atoms with Crippen LogP contribution in [0.2, 0.25) is 0 Å². The number of hydrogen-bond acceptors (Lipinski definition) is 7. The van der Waals surface area contributed by atoms with E-state index in [1.54, 1.807) is 13.2 Å². The first-order chi connectivity index (χ1) is 11.5. The number of nitrogens with zero attached hydrogens (tertiary/aromatic N) is 4. The van der Waals surface area contributed by atoms with E-state index >= 15 is 0 Å². The van der Waals surface area contributed by atoms with Gasteiger partial charge in [-0.05, 0) is 24.6 Å². The monoisotopic (exact) mass is 357 g/mol. The molecule has 2 aromatic rings. The number of thiophene rings is 1. The van der Waals surface area contributed by atoms with Gasteiger partial charge in [0.25, 0.3) is 17.5 Å². The van der Waals surface area contributed by atoms with Crippen LogP contribution in [-0.2, 0) is 9.59 Å². The number of rotatable bonds is 4. The van der Waals surface area contributed by atoms with Crippen LogP contribution in [0.3, 0.4) is 0 Å². The quantitative estimate of drug-likeness (QED) is 0.392. The molecule has 0 fully saturated rings. The molecule has 7 nitrogen and oxygen atoms in total. The second kappa shape index (κ2) is 6.43. The number of thioether (sulfide) groups is 1. The molecule has 2 amide bonds. The molecule has 0 aliphatic carbocycles. The molecule has 3 heterocycles. The number of hydrogen-bond donors (Lipinski definition) is 1. The molecule has 0 unspecified atom stereocenters. The topological polar surface area (TPSA) is 79.5 Å². The largest absolute Gasteiger partial charge is 0.281 e. The van der Waals surface area contributed by atoms with E-state index in [-0.39, 0.29) is 11.5 Å². The van der Waals surface area contributed by atoms with Crippen LogP contribution in [0.1, 0.15) is 6.92 Å². The molecule has 0 saturated carbocycles. The van der Waals surface area contributed by atoms with Gasteiger partial charge in [0.05, 0.1) is 11.4 Å². The fourth-order valence-electron chi connectivity index (χ4n) is 2.07. The molecule has 0 atom stereocenters. The lowest BCUT2D eigenvalue weighted by molar-refractivity contribution is -0.135. The summed E-state index contributed by atoms with van der Waals surface area (Å²) in [6.07, 6.45) is 3.04. The molecule has 0 radical (unpaired) electrons. The van der Waals surface area contributed by atoms with Crippen LogP contribution in [0.5, 0.6) is 0 Å². The molecule has 0 aromatic carbocycles. The first kappa shape index (κ1) is 16.2. The van der Waals surface area contributed by atoms with E-state index in [9.17, 15) is 9.59 Å². The summed E-state index contributed by atoms with van der Waals surface area (Å²) >= 11 is 2.77. The Morgan fingerprint density at radius 3 is 2.71 bits per heavy atom. The van der Waals surface area contributed by atoms with Gasteiger partial charge in [-0.15, -0.1) is 23.1 Å². The van der Waals surface area contributed by atoms with Gasteiger partial charge in [0.2, 0.25) is 0 Å². The average Bonchev–Trinajstić information content (AvgIpc) is 3.19. The van der Waals surface area contributed by atoms with E-state index in [1.165, 1.54) is 29.2 Å². The molecule has 0 saturated heterocycles. The Morgan fingerprint density at radius 2 is 2.17 bits per heavy atom. The van der Waals surface area contributed by atoms with Crippen molar-refractivity contribution < 1.29 is 9.59 Å². The first-order valence-corrected chi connectivity index (χ1v) is 8.86. The Labute approximate surface area is 146 Å². The van der Waals surface area contributed by atoms with Crippen LogP contribution in [0.4, 0.5) is 11.5 Å². The molecule has 0 spiro atoms. The van der Waals surface area contributed by atoms with Crippen molar-refractivity contribution in [3.05, 3.63) is 40.6 Å². The van der Waals surface area contributed by atoms with Crippen molar-refractivity contribution in [3.8, 4) is 10.7 Å². The van der Waals surface area contributed by atoms with Crippen molar-refractivity contribution >= 4 is 46.4 Å². The van der Waals surface area contributed by atoms with E-state index in [1.807, 2.05) is 17.5 Å². The number of carbonyl (C=O) groups is 2. The third-order valence-corrected chi connectivity index (χ3v) is 4.75. The van der Waals surface area contributed by atoms with Gasteiger partial charge in [-0.2, -0.15) is 5.01 Å². The van der Waals surface area contributed by atoms with Crippen molar-refractivity contribution in [1.29, 1.82) is 0 Å². The summed E-state index contributed by atoms with van der Waals surface area (Å²) in [4.78, 5) is 37.0. The minimum atomic E-state index is -0.490. The lowest BCUT2D eigenvalue weighted by Gasteiger charge is -2.18. The number of anilines is 1. The number of aromatic nitrogens is 2. The van der Waals surface area contributed by atoms with Gasteiger partial charge < -0.3 is 0 Å². The lowest BCUT2D eigenvalue weighted by atomic mass is 10.3. The van der Waals surface area contributed by atoms with Gasteiger partial charge in [-0.1, -0.05) is 6.07 Å². The highest BCUT2D eigenvalue weighted by atomic mass is 32.2. The molecule has 1 N–H and O–H groups in total. The van der Waals surface area contributed by atoms with Crippen LogP contribution in [0.25, 0.3) is 15.5 Å². The fraction of sp³-hybridized carbons (Fsp3) is 0.133. The summed E-state index contributed by atoms with van der Waals surface area (Å²) < 4.78 is 0. The van der Waals surface area contributed by atoms with Crippen molar-refractivity contribution in [2.45, 2.75) is 11.9 Å². The Morgan fingerprint density at radius 1 is 1.38 bits per heavy atom. The molecule has 3 rings (SSSR count). The summed E-state index contributed by atoms with van der Waals surface area (Å²) in [6.45, 7) is 8.94. The van der Waals surface area contributed by atoms with E-state index in [0.29, 0.717) is 16.4 Å². The van der Waals surface area contributed by atoms with Gasteiger partial charge in [-0.25, -0.2) is 14.8 Å². The third kappa shape index (κ3) is 2.77. The van der Waals surface area contributed by atoms with Gasteiger partial charge >= 0.3 is 0 Å². The van der Waals surface area contributed by atoms with Crippen molar-refractivity contribution in [2.24, 2.45) is 0 Å². The van der Waals surface area contributed by atoms with Crippen LogP contribution in [-0.4, -0.2) is 33.0 Å². The van der Waals surface area contributed by atoms with Crippen LogP contribution < -0.4 is 5.43 Å². The van der Waals surface area contributed by atoms with Crippen molar-refractivity contribution in [3.63, 3.8) is 0 Å². The van der Waals surface area contributed by atoms with E-state index < -0.39 is 11.8 Å². The number of imide groups is 1. The van der Waals surface area contributed by atoms with Gasteiger partial charge in [-0.3, -0.25) is 15.0 Å². The average molecular weight is 357 g/mol. The van der Waals surface area contributed by atoms with E-state index in [0.717, 1.165) is 9.89 Å². The highest BCUT2D eigenvalue weighted by molar-refractivity contribution is 7.98. The molecular formula is C15H11N5O2S2. The minimum Gasteiger partial charge on any atom is -0.281 e. The summed E-state index contributed by atoms with van der Waals surface area (Å²) in [5.41, 5.74) is 3.18. The molecule has 2 aromatic heterocycles.